The number of fused-ring (bicyclic) bond motifs is 1. The van der Waals surface area contributed by atoms with E-state index < -0.39 is 17.5 Å². The Morgan fingerprint density at radius 1 is 1.22 bits per heavy atom. The lowest BCUT2D eigenvalue weighted by molar-refractivity contribution is 0.102. The van der Waals surface area contributed by atoms with E-state index in [1.807, 2.05) is 6.07 Å². The average molecular weight is 508 g/mol. The molecule has 0 spiro atoms. The van der Waals surface area contributed by atoms with Crippen LogP contribution in [0.5, 0.6) is 5.75 Å². The van der Waals surface area contributed by atoms with Gasteiger partial charge in [-0.15, -0.1) is 11.3 Å². The number of nitrogens with zero attached hydrogens (tertiary/aromatic N) is 3. The van der Waals surface area contributed by atoms with Crippen LogP contribution in [0, 0.1) is 23.0 Å². The first-order chi connectivity index (χ1) is 17.3. The van der Waals surface area contributed by atoms with Crippen molar-refractivity contribution in [3.05, 3.63) is 66.1 Å². The summed E-state index contributed by atoms with van der Waals surface area (Å²) in [5.74, 6) is -1.47. The van der Waals surface area contributed by atoms with E-state index in [4.69, 9.17) is 10.1 Å². The Morgan fingerprint density at radius 3 is 2.72 bits per heavy atom. The van der Waals surface area contributed by atoms with Gasteiger partial charge in [0.25, 0.3) is 5.91 Å². The van der Waals surface area contributed by atoms with E-state index in [9.17, 15) is 13.6 Å². The molecule has 0 aliphatic carbocycles. The van der Waals surface area contributed by atoms with Crippen molar-refractivity contribution in [1.29, 1.82) is 5.41 Å². The highest BCUT2D eigenvalue weighted by Crippen LogP contribution is 2.37. The third-order valence-electron chi connectivity index (χ3n) is 6.00. The van der Waals surface area contributed by atoms with Crippen molar-refractivity contribution in [3.8, 4) is 16.2 Å². The minimum absolute atomic E-state index is 0.0950. The fourth-order valence-electron chi connectivity index (χ4n) is 4.43. The van der Waals surface area contributed by atoms with E-state index in [1.165, 1.54) is 18.4 Å². The number of halogens is 2. The van der Waals surface area contributed by atoms with Gasteiger partial charge in [0.15, 0.2) is 0 Å². The van der Waals surface area contributed by atoms with Crippen molar-refractivity contribution in [2.24, 2.45) is 5.92 Å². The predicted octanol–water partition coefficient (Wildman–Crippen LogP) is 5.76. The van der Waals surface area contributed by atoms with Gasteiger partial charge in [0, 0.05) is 35.5 Å². The van der Waals surface area contributed by atoms with Gasteiger partial charge in [0.2, 0.25) is 0 Å². The molecule has 1 amide bonds. The van der Waals surface area contributed by atoms with E-state index in [0.717, 1.165) is 30.8 Å². The Morgan fingerprint density at radius 2 is 2.00 bits per heavy atom. The fourth-order valence-corrected chi connectivity index (χ4v) is 5.48. The van der Waals surface area contributed by atoms with Gasteiger partial charge >= 0.3 is 0 Å². The number of anilines is 2. The van der Waals surface area contributed by atoms with Gasteiger partial charge in [-0.25, -0.2) is 13.8 Å². The van der Waals surface area contributed by atoms with Crippen molar-refractivity contribution in [2.45, 2.75) is 13.3 Å². The van der Waals surface area contributed by atoms with Crippen LogP contribution in [0.2, 0.25) is 0 Å². The number of aromatic nitrogens is 2. The number of amides is 1. The molecule has 1 aromatic carbocycles. The van der Waals surface area contributed by atoms with Crippen molar-refractivity contribution in [2.75, 3.05) is 30.4 Å². The van der Waals surface area contributed by atoms with Gasteiger partial charge in [0.05, 0.1) is 47.0 Å². The molecule has 5 rings (SSSR count). The van der Waals surface area contributed by atoms with E-state index in [0.29, 0.717) is 39.0 Å². The molecule has 4 aromatic rings. The topological polar surface area (TPSA) is 91.2 Å². The highest BCUT2D eigenvalue weighted by Gasteiger charge is 2.23. The van der Waals surface area contributed by atoms with Crippen LogP contribution in [0.1, 0.15) is 23.8 Å². The molecule has 3 aromatic heterocycles. The number of methoxy groups -OCH3 is 1. The van der Waals surface area contributed by atoms with E-state index in [-0.39, 0.29) is 17.0 Å². The van der Waals surface area contributed by atoms with Crippen LogP contribution in [-0.4, -0.2) is 41.8 Å². The monoisotopic (exact) mass is 507 g/mol. The van der Waals surface area contributed by atoms with Crippen LogP contribution in [-0.2, 0) is 0 Å². The first-order valence-corrected chi connectivity index (χ1v) is 12.1. The molecule has 2 N–H and O–H groups in total. The molecule has 0 bridgehead atoms. The molecule has 1 atom stereocenters. The molecule has 1 fully saturated rings. The number of thiophene rings is 1. The van der Waals surface area contributed by atoms with Gasteiger partial charge < -0.3 is 20.4 Å². The fraction of sp³-hybridized carbons (Fsp3) is 0.231. The van der Waals surface area contributed by atoms with Crippen LogP contribution in [0.15, 0.2) is 48.8 Å². The van der Waals surface area contributed by atoms with Gasteiger partial charge in [-0.3, -0.25) is 9.78 Å². The number of nitrogens with one attached hydrogen (secondary N) is 2. The first kappa shape index (κ1) is 23.8. The summed E-state index contributed by atoms with van der Waals surface area (Å²) >= 11 is 1.19. The molecular weight excluding hydrogens is 484 g/mol. The van der Waals surface area contributed by atoms with Gasteiger partial charge in [-0.1, -0.05) is 6.92 Å². The summed E-state index contributed by atoms with van der Waals surface area (Å²) in [6.45, 7) is 3.37. The van der Waals surface area contributed by atoms with Gasteiger partial charge in [-0.2, -0.15) is 0 Å². The molecule has 0 unspecified atom stereocenters. The Bertz CT molecular complexity index is 1470. The van der Waals surface area contributed by atoms with Crippen molar-refractivity contribution in [1.82, 2.24) is 9.97 Å². The average Bonchev–Trinajstić information content (AvgIpc) is 3.26. The molecule has 1 aliphatic rings. The minimum Gasteiger partial charge on any atom is -0.497 e. The lowest BCUT2D eigenvalue weighted by Gasteiger charge is -2.34. The number of ether oxygens (including phenoxy) is 1. The maximum Gasteiger partial charge on any atom is 0.274 e. The highest BCUT2D eigenvalue weighted by atomic mass is 32.1. The molecule has 1 aliphatic heterocycles. The number of hydrogen-bond acceptors (Lipinski definition) is 7. The molecule has 10 heteroatoms. The van der Waals surface area contributed by atoms with Crippen LogP contribution < -0.4 is 15.0 Å². The second kappa shape index (κ2) is 9.62. The van der Waals surface area contributed by atoms with Crippen molar-refractivity contribution < 1.29 is 18.3 Å². The summed E-state index contributed by atoms with van der Waals surface area (Å²) in [6, 6.07) is 8.94. The first-order valence-electron chi connectivity index (χ1n) is 11.3. The number of piperidine rings is 1. The summed E-state index contributed by atoms with van der Waals surface area (Å²) in [4.78, 5) is 24.1. The number of pyridine rings is 2. The normalized spacial score (nSPS) is 15.8. The van der Waals surface area contributed by atoms with Crippen molar-refractivity contribution in [3.63, 3.8) is 0 Å². The number of carbonyl (C=O) groups excluding carboxylic acids is 1. The maximum atomic E-state index is 14.6. The van der Waals surface area contributed by atoms with Crippen molar-refractivity contribution >= 4 is 44.5 Å². The summed E-state index contributed by atoms with van der Waals surface area (Å²) in [7, 11) is 1.34. The lowest BCUT2D eigenvalue weighted by atomic mass is 9.98. The number of rotatable bonds is 5. The zero-order valence-corrected chi connectivity index (χ0v) is 20.5. The Balaban J connectivity index is 1.42. The molecule has 36 heavy (non-hydrogen) atoms. The zero-order chi connectivity index (χ0) is 25.4. The molecule has 0 saturated carbocycles. The minimum atomic E-state index is -0.736. The largest absolute Gasteiger partial charge is 0.497 e. The van der Waals surface area contributed by atoms with Crippen LogP contribution in [0.25, 0.3) is 20.7 Å². The Hall–Kier alpha value is -3.92. The molecule has 7 nitrogen and oxygen atoms in total. The molecular formula is C26H23F2N5O2S. The van der Waals surface area contributed by atoms with Crippen LogP contribution >= 0.6 is 11.3 Å². The van der Waals surface area contributed by atoms with E-state index in [2.05, 4.69) is 27.1 Å². The molecule has 4 heterocycles. The predicted molar refractivity (Wildman–Crippen MR) is 137 cm³/mol. The Kier molecular flexibility index (Phi) is 6.36. The third kappa shape index (κ3) is 4.64. The van der Waals surface area contributed by atoms with E-state index >= 15 is 0 Å². The van der Waals surface area contributed by atoms with Gasteiger partial charge in [0.1, 0.15) is 23.1 Å². The number of benzene rings is 1. The summed E-state index contributed by atoms with van der Waals surface area (Å²) < 4.78 is 34.8. The molecule has 0 radical (unpaired) electrons. The maximum absolute atomic E-state index is 14.6. The second-order valence-electron chi connectivity index (χ2n) is 8.80. The summed E-state index contributed by atoms with van der Waals surface area (Å²) in [6.07, 6.45) is 4.00. The second-order valence-corrected chi connectivity index (χ2v) is 9.88. The molecule has 1 saturated heterocycles. The van der Waals surface area contributed by atoms with Crippen LogP contribution in [0.3, 0.4) is 0 Å². The smallest absolute Gasteiger partial charge is 0.274 e. The Labute approximate surface area is 210 Å². The SMILES string of the molecule is COc1cc(F)c(-c2cc3nc(C(=O)Nc4cnccc4N4CC(=N)C[C@@H](C)C4)ccc3s2)c(F)c1. The van der Waals surface area contributed by atoms with E-state index in [1.54, 1.807) is 30.6 Å². The standard InChI is InChI=1S/C26H23F2N5O2S/c1-14-7-15(29)13-33(12-14)22-5-6-30-11-21(22)32-26(34)19-3-4-23-20(31-19)10-24(36-23)25-17(27)8-16(35-2)9-18(25)28/h3-6,8-11,14,29H,7,12-13H2,1-2H3,(H,32,34)/t14-/m1/s1. The summed E-state index contributed by atoms with van der Waals surface area (Å²) in [5, 5.41) is 11.0. The number of hydrogen-bond donors (Lipinski definition) is 2. The van der Waals surface area contributed by atoms with Crippen LogP contribution in [0.4, 0.5) is 20.2 Å². The third-order valence-corrected chi connectivity index (χ3v) is 7.11. The lowest BCUT2D eigenvalue weighted by Crippen LogP contribution is -2.40. The quantitative estimate of drug-likeness (QED) is 0.358. The molecule has 184 valence electrons. The number of carbonyl (C=O) groups is 1. The summed E-state index contributed by atoms with van der Waals surface area (Å²) in [5.41, 5.74) is 2.43. The highest BCUT2D eigenvalue weighted by molar-refractivity contribution is 7.22. The van der Waals surface area contributed by atoms with Gasteiger partial charge in [-0.05, 0) is 36.6 Å². The zero-order valence-electron chi connectivity index (χ0n) is 19.6.